The third-order valence-electron chi connectivity index (χ3n) is 3.44. The molecule has 2 aromatic carbocycles. The first-order valence-electron chi connectivity index (χ1n) is 7.93. The van der Waals surface area contributed by atoms with Gasteiger partial charge in [-0.3, -0.25) is 4.79 Å². The molecule has 0 radical (unpaired) electrons. The van der Waals surface area contributed by atoms with Crippen LogP contribution in [0.25, 0.3) is 0 Å². The normalized spacial score (nSPS) is 10.9. The van der Waals surface area contributed by atoms with Gasteiger partial charge in [-0.25, -0.2) is 0 Å². The van der Waals surface area contributed by atoms with Gasteiger partial charge in [-0.05, 0) is 50.0 Å². The summed E-state index contributed by atoms with van der Waals surface area (Å²) in [5, 5.41) is 8.93. The number of halogens is 1. The highest BCUT2D eigenvalue weighted by Gasteiger charge is 2.08. The van der Waals surface area contributed by atoms with E-state index in [0.717, 1.165) is 39.4 Å². The van der Waals surface area contributed by atoms with Crippen molar-refractivity contribution in [3.8, 4) is 11.5 Å². The minimum atomic E-state index is -0.848. The zero-order valence-electron chi connectivity index (χ0n) is 14.4. The van der Waals surface area contributed by atoms with Crippen LogP contribution in [0.15, 0.2) is 46.9 Å². The number of hydrogen-bond donors (Lipinski definition) is 1. The maximum atomic E-state index is 10.9. The molecule has 2 rings (SSSR count). The number of carboxylic acids is 1. The number of hydrogen-bond acceptors (Lipinski definition) is 4. The fourth-order valence-corrected chi connectivity index (χ4v) is 3.70. The molecule has 1 N–H and O–H groups in total. The van der Waals surface area contributed by atoms with Crippen LogP contribution < -0.4 is 4.74 Å². The Labute approximate surface area is 161 Å². The van der Waals surface area contributed by atoms with Crippen LogP contribution in [-0.4, -0.2) is 42.4 Å². The van der Waals surface area contributed by atoms with Crippen LogP contribution in [0.2, 0.25) is 0 Å². The summed E-state index contributed by atoms with van der Waals surface area (Å²) in [5.41, 5.74) is 1.84. The number of carbonyl (C=O) groups is 1. The number of ether oxygens (including phenoxy) is 1. The summed E-state index contributed by atoms with van der Waals surface area (Å²) < 4.78 is 7.04. The van der Waals surface area contributed by atoms with E-state index in [0.29, 0.717) is 5.75 Å². The largest absolute Gasteiger partial charge is 0.481 e. The smallest absolute Gasteiger partial charge is 0.307 e. The Bertz CT molecular complexity index is 722. The SMILES string of the molecule is CN(C)CCSCc1cc(Br)ccc1Oc1cccc(CC(=O)O)c1. The monoisotopic (exact) mass is 423 g/mol. The molecule has 0 aromatic heterocycles. The molecule has 4 nitrogen and oxygen atoms in total. The number of nitrogens with zero attached hydrogens (tertiary/aromatic N) is 1. The Kier molecular flexibility index (Phi) is 7.81. The summed E-state index contributed by atoms with van der Waals surface area (Å²) in [6, 6.07) is 13.2. The van der Waals surface area contributed by atoms with Crippen molar-refractivity contribution in [3.63, 3.8) is 0 Å². The lowest BCUT2D eigenvalue weighted by molar-refractivity contribution is -0.136. The van der Waals surface area contributed by atoms with Crippen molar-refractivity contribution < 1.29 is 14.6 Å². The van der Waals surface area contributed by atoms with Crippen molar-refractivity contribution >= 4 is 33.7 Å². The van der Waals surface area contributed by atoms with Crippen molar-refractivity contribution in [2.24, 2.45) is 0 Å². The van der Waals surface area contributed by atoms with Gasteiger partial charge >= 0.3 is 5.97 Å². The Balaban J connectivity index is 2.09. The standard InChI is InChI=1S/C19H22BrNO3S/c1-21(2)8-9-25-13-15-12-16(20)6-7-18(15)24-17-5-3-4-14(10-17)11-19(22)23/h3-7,10,12H,8-9,11,13H2,1-2H3,(H,22,23). The quantitative estimate of drug-likeness (QED) is 0.594. The molecule has 0 fully saturated rings. The number of thioether (sulfide) groups is 1. The second-order valence-electron chi connectivity index (χ2n) is 5.93. The summed E-state index contributed by atoms with van der Waals surface area (Å²) in [5.74, 6) is 2.51. The van der Waals surface area contributed by atoms with Gasteiger partial charge in [0.2, 0.25) is 0 Å². The van der Waals surface area contributed by atoms with Crippen LogP contribution in [0.4, 0.5) is 0 Å². The molecular formula is C19H22BrNO3S. The Morgan fingerprint density at radius 1 is 1.24 bits per heavy atom. The molecule has 2 aromatic rings. The molecule has 6 heteroatoms. The van der Waals surface area contributed by atoms with E-state index in [9.17, 15) is 4.79 Å². The van der Waals surface area contributed by atoms with Crippen molar-refractivity contribution in [3.05, 3.63) is 58.1 Å². The fourth-order valence-electron chi connectivity index (χ4n) is 2.21. The third-order valence-corrected chi connectivity index (χ3v) is 4.92. The van der Waals surface area contributed by atoms with Gasteiger partial charge in [0.15, 0.2) is 0 Å². The highest BCUT2D eigenvalue weighted by atomic mass is 79.9. The lowest BCUT2D eigenvalue weighted by Crippen LogP contribution is -2.14. The topological polar surface area (TPSA) is 49.8 Å². The van der Waals surface area contributed by atoms with E-state index in [2.05, 4.69) is 41.0 Å². The summed E-state index contributed by atoms with van der Waals surface area (Å²) in [7, 11) is 4.14. The zero-order valence-corrected chi connectivity index (χ0v) is 16.8. The van der Waals surface area contributed by atoms with Crippen LogP contribution >= 0.6 is 27.7 Å². The third kappa shape index (κ3) is 7.10. The van der Waals surface area contributed by atoms with Crippen LogP contribution in [0.3, 0.4) is 0 Å². The maximum absolute atomic E-state index is 10.9. The number of benzene rings is 2. The van der Waals surface area contributed by atoms with Crippen molar-refractivity contribution in [1.29, 1.82) is 0 Å². The van der Waals surface area contributed by atoms with Gasteiger partial charge in [0.1, 0.15) is 11.5 Å². The highest BCUT2D eigenvalue weighted by Crippen LogP contribution is 2.31. The molecule has 0 aliphatic rings. The van der Waals surface area contributed by atoms with Gasteiger partial charge in [0.05, 0.1) is 6.42 Å². The molecule has 0 saturated carbocycles. The van der Waals surface area contributed by atoms with Gasteiger partial charge in [-0.1, -0.05) is 28.1 Å². The Hall–Kier alpha value is -1.50. The van der Waals surface area contributed by atoms with Gasteiger partial charge in [-0.2, -0.15) is 11.8 Å². The predicted octanol–water partition coefficient (Wildman–Crippen LogP) is 4.66. The minimum Gasteiger partial charge on any atom is -0.481 e. The maximum Gasteiger partial charge on any atom is 0.307 e. The first-order chi connectivity index (χ1) is 11.9. The molecule has 0 aliphatic carbocycles. The van der Waals surface area contributed by atoms with Crippen molar-refractivity contribution in [2.75, 3.05) is 26.4 Å². The minimum absolute atomic E-state index is 0.00914. The Morgan fingerprint density at radius 2 is 2.04 bits per heavy atom. The van der Waals surface area contributed by atoms with Gasteiger partial charge in [-0.15, -0.1) is 0 Å². The second kappa shape index (κ2) is 9.85. The Morgan fingerprint density at radius 3 is 2.76 bits per heavy atom. The molecule has 0 saturated heterocycles. The molecular weight excluding hydrogens is 402 g/mol. The molecule has 0 amide bonds. The zero-order chi connectivity index (χ0) is 18.2. The van der Waals surface area contributed by atoms with Crippen molar-refractivity contribution in [1.82, 2.24) is 4.90 Å². The summed E-state index contributed by atoms with van der Waals surface area (Å²) >= 11 is 5.37. The molecule has 134 valence electrons. The average molecular weight is 424 g/mol. The van der Waals surface area contributed by atoms with Crippen LogP contribution in [0, 0.1) is 0 Å². The van der Waals surface area contributed by atoms with Crippen LogP contribution in [0.5, 0.6) is 11.5 Å². The lowest BCUT2D eigenvalue weighted by Gasteiger charge is -2.13. The van der Waals surface area contributed by atoms with E-state index in [1.165, 1.54) is 0 Å². The van der Waals surface area contributed by atoms with E-state index in [1.54, 1.807) is 12.1 Å². The average Bonchev–Trinajstić information content (AvgIpc) is 2.53. The van der Waals surface area contributed by atoms with Gasteiger partial charge in [0, 0.05) is 28.1 Å². The second-order valence-corrected chi connectivity index (χ2v) is 7.95. The van der Waals surface area contributed by atoms with E-state index >= 15 is 0 Å². The molecule has 0 aliphatic heterocycles. The first kappa shape index (κ1) is 19.8. The summed E-state index contributed by atoms with van der Waals surface area (Å²) in [4.78, 5) is 13.0. The van der Waals surface area contributed by atoms with Gasteiger partial charge < -0.3 is 14.7 Å². The van der Waals surface area contributed by atoms with Gasteiger partial charge in [0.25, 0.3) is 0 Å². The molecule has 0 spiro atoms. The van der Waals surface area contributed by atoms with E-state index in [4.69, 9.17) is 9.84 Å². The molecule has 0 heterocycles. The summed E-state index contributed by atoms with van der Waals surface area (Å²) in [6.07, 6.45) is -0.00914. The summed E-state index contributed by atoms with van der Waals surface area (Å²) in [6.45, 7) is 1.03. The predicted molar refractivity (Wildman–Crippen MR) is 107 cm³/mol. The number of aliphatic carboxylic acids is 1. The molecule has 25 heavy (non-hydrogen) atoms. The number of carboxylic acid groups (broad SMARTS) is 1. The van der Waals surface area contributed by atoms with E-state index in [-0.39, 0.29) is 6.42 Å². The van der Waals surface area contributed by atoms with Crippen LogP contribution in [-0.2, 0) is 17.0 Å². The fraction of sp³-hybridized carbons (Fsp3) is 0.316. The lowest BCUT2D eigenvalue weighted by atomic mass is 10.1. The highest BCUT2D eigenvalue weighted by molar-refractivity contribution is 9.10. The molecule has 0 unspecified atom stereocenters. The van der Waals surface area contributed by atoms with Crippen LogP contribution in [0.1, 0.15) is 11.1 Å². The first-order valence-corrected chi connectivity index (χ1v) is 9.88. The molecule has 0 atom stereocenters. The van der Waals surface area contributed by atoms with Crippen molar-refractivity contribution in [2.45, 2.75) is 12.2 Å². The van der Waals surface area contributed by atoms with E-state index < -0.39 is 5.97 Å². The van der Waals surface area contributed by atoms with E-state index in [1.807, 2.05) is 36.0 Å². The molecule has 0 bridgehead atoms. The number of rotatable bonds is 9.